The van der Waals surface area contributed by atoms with E-state index >= 15 is 0 Å². The van der Waals surface area contributed by atoms with E-state index in [0.717, 1.165) is 41.9 Å². The van der Waals surface area contributed by atoms with Gasteiger partial charge in [-0.25, -0.2) is 4.98 Å². The molecule has 6 nitrogen and oxygen atoms in total. The van der Waals surface area contributed by atoms with E-state index in [1.807, 2.05) is 18.2 Å². The van der Waals surface area contributed by atoms with Gasteiger partial charge in [0.25, 0.3) is 0 Å². The molecule has 7 heteroatoms. The molecule has 1 saturated carbocycles. The van der Waals surface area contributed by atoms with Crippen molar-refractivity contribution in [3.8, 4) is 11.1 Å². The Balaban J connectivity index is 1.66. The van der Waals surface area contributed by atoms with E-state index in [2.05, 4.69) is 15.6 Å². The summed E-state index contributed by atoms with van der Waals surface area (Å²) in [5, 5.41) is 17.3. The Morgan fingerprint density at radius 1 is 1.42 bits per heavy atom. The summed E-state index contributed by atoms with van der Waals surface area (Å²) < 4.78 is 0. The lowest BCUT2D eigenvalue weighted by molar-refractivity contribution is -0.125. The molecule has 1 aliphatic carbocycles. The van der Waals surface area contributed by atoms with Gasteiger partial charge < -0.3 is 21.5 Å². The van der Waals surface area contributed by atoms with Crippen LogP contribution in [0.25, 0.3) is 11.1 Å². The molecule has 2 atom stereocenters. The number of aromatic nitrogens is 1. The van der Waals surface area contributed by atoms with Gasteiger partial charge in [0.1, 0.15) is 17.5 Å². The zero-order valence-electron chi connectivity index (χ0n) is 14.3. The summed E-state index contributed by atoms with van der Waals surface area (Å²) in [5.74, 6) is 0.296. The molecule has 3 aliphatic rings. The second-order valence-electron chi connectivity index (χ2n) is 7.72. The average Bonchev–Trinajstić information content (AvgIpc) is 3.22. The number of halogens is 1. The highest BCUT2D eigenvalue weighted by Crippen LogP contribution is 2.57. The summed E-state index contributed by atoms with van der Waals surface area (Å²) in [6, 6.07) is 5.64. The Morgan fingerprint density at radius 3 is 2.88 bits per heavy atom. The molecule has 0 saturated heterocycles. The second-order valence-corrected chi connectivity index (χ2v) is 8.10. The minimum absolute atomic E-state index is 0.131. The van der Waals surface area contributed by atoms with Gasteiger partial charge >= 0.3 is 0 Å². The summed E-state index contributed by atoms with van der Waals surface area (Å²) in [6.45, 7) is 2.53. The maximum absolute atomic E-state index is 12.0. The Morgan fingerprint density at radius 2 is 2.19 bits per heavy atom. The third-order valence-electron chi connectivity index (χ3n) is 6.23. The highest BCUT2D eigenvalue weighted by Gasteiger charge is 2.51. The molecule has 5 N–H and O–H groups in total. The molecule has 1 aromatic heterocycles. The number of aliphatic hydroxyl groups is 1. The highest BCUT2D eigenvalue weighted by atomic mass is 35.5. The number of nitrogens with one attached hydrogen (secondary N) is 2. The minimum atomic E-state index is -1.19. The Hall–Kier alpha value is -2.31. The van der Waals surface area contributed by atoms with Gasteiger partial charge in [-0.05, 0) is 43.0 Å². The lowest BCUT2D eigenvalue weighted by Crippen LogP contribution is -2.47. The smallest absolute Gasteiger partial charge is 0.232 e. The fraction of sp³-hybridized carbons (Fsp3) is 0.368. The van der Waals surface area contributed by atoms with Crippen molar-refractivity contribution in [3.63, 3.8) is 0 Å². The largest absolute Gasteiger partial charge is 0.372 e. The van der Waals surface area contributed by atoms with E-state index in [9.17, 15) is 9.90 Å². The number of carbonyl (C=O) groups excluding carboxylic acids is 1. The van der Waals surface area contributed by atoms with Gasteiger partial charge in [0.05, 0.1) is 5.02 Å². The van der Waals surface area contributed by atoms with Crippen LogP contribution < -0.4 is 16.4 Å². The normalized spacial score (nSPS) is 26.8. The van der Waals surface area contributed by atoms with Crippen LogP contribution >= 0.6 is 11.6 Å². The van der Waals surface area contributed by atoms with Crippen molar-refractivity contribution in [2.24, 2.45) is 5.73 Å². The number of nitrogens with two attached hydrogens (primary N) is 1. The molecule has 134 valence electrons. The van der Waals surface area contributed by atoms with Crippen LogP contribution in [-0.2, 0) is 15.6 Å². The summed E-state index contributed by atoms with van der Waals surface area (Å²) in [6.07, 6.45) is 2.95. The zero-order chi connectivity index (χ0) is 18.3. The fourth-order valence-electron chi connectivity index (χ4n) is 4.20. The third kappa shape index (κ3) is 1.86. The number of hydrogen-bond donors (Lipinski definition) is 4. The number of hydrogen-bond acceptors (Lipinski definition) is 5. The summed E-state index contributed by atoms with van der Waals surface area (Å²) in [5.41, 5.74) is 8.69. The van der Waals surface area contributed by atoms with E-state index in [1.54, 1.807) is 13.1 Å². The predicted octanol–water partition coefficient (Wildman–Crippen LogP) is 2.35. The van der Waals surface area contributed by atoms with E-state index in [-0.39, 0.29) is 5.41 Å². The fourth-order valence-corrected chi connectivity index (χ4v) is 4.65. The van der Waals surface area contributed by atoms with Crippen molar-refractivity contribution in [3.05, 3.63) is 40.5 Å². The molecule has 1 spiro atoms. The van der Waals surface area contributed by atoms with Gasteiger partial charge in [-0.2, -0.15) is 0 Å². The first-order valence-electron chi connectivity index (χ1n) is 8.69. The molecule has 5 rings (SSSR count). The molecule has 1 fully saturated rings. The average molecular weight is 371 g/mol. The Labute approximate surface area is 155 Å². The molecule has 1 amide bonds. The van der Waals surface area contributed by atoms with E-state index in [4.69, 9.17) is 17.3 Å². The van der Waals surface area contributed by atoms with Crippen molar-refractivity contribution >= 4 is 29.0 Å². The van der Waals surface area contributed by atoms with Crippen LogP contribution in [-0.4, -0.2) is 28.8 Å². The Bertz CT molecular complexity index is 972. The highest BCUT2D eigenvalue weighted by molar-refractivity contribution is 6.34. The van der Waals surface area contributed by atoms with Gasteiger partial charge in [0.2, 0.25) is 5.91 Å². The summed E-state index contributed by atoms with van der Waals surface area (Å²) in [4.78, 5) is 16.6. The lowest BCUT2D eigenvalue weighted by atomic mass is 9.81. The van der Waals surface area contributed by atoms with Crippen LogP contribution in [0.4, 0.5) is 11.5 Å². The monoisotopic (exact) mass is 370 g/mol. The first kappa shape index (κ1) is 15.9. The quantitative estimate of drug-likeness (QED) is 0.650. The molecule has 3 heterocycles. The molecule has 2 unspecified atom stereocenters. The maximum atomic E-state index is 12.0. The number of anilines is 2. The standard InChI is InChI=1S/C19H19ClN4O2/c1-18(16(21)25)11-6-9(2-3-12(11)24-17(18)26)10-7-22-15-13(14(10)20)19(4-5-19)8-23-15/h2-3,6-7,17,24,26H,4-5,8H2,1H3,(H2,21,25)(H,22,23). The molecule has 26 heavy (non-hydrogen) atoms. The number of primary amides is 1. The summed E-state index contributed by atoms with van der Waals surface area (Å²) >= 11 is 6.79. The number of carbonyl (C=O) groups is 1. The third-order valence-corrected chi connectivity index (χ3v) is 6.63. The van der Waals surface area contributed by atoms with Crippen LogP contribution in [0.3, 0.4) is 0 Å². The van der Waals surface area contributed by atoms with E-state index in [1.165, 1.54) is 0 Å². The van der Waals surface area contributed by atoms with Gasteiger partial charge in [-0.1, -0.05) is 17.7 Å². The van der Waals surface area contributed by atoms with Crippen LogP contribution in [0.5, 0.6) is 0 Å². The van der Waals surface area contributed by atoms with E-state index in [0.29, 0.717) is 16.3 Å². The van der Waals surface area contributed by atoms with Crippen molar-refractivity contribution in [2.75, 3.05) is 17.2 Å². The number of aliphatic hydroxyl groups excluding tert-OH is 1. The maximum Gasteiger partial charge on any atom is 0.232 e. The van der Waals surface area contributed by atoms with Crippen molar-refractivity contribution < 1.29 is 9.90 Å². The second kappa shape index (κ2) is 4.90. The number of pyridine rings is 1. The Kier molecular flexibility index (Phi) is 3.00. The molecule has 0 radical (unpaired) electrons. The summed E-state index contributed by atoms with van der Waals surface area (Å²) in [7, 11) is 0. The van der Waals surface area contributed by atoms with Crippen LogP contribution in [0.2, 0.25) is 5.02 Å². The van der Waals surface area contributed by atoms with E-state index < -0.39 is 17.6 Å². The first-order chi connectivity index (χ1) is 12.4. The molecular formula is C19H19ClN4O2. The van der Waals surface area contributed by atoms with Crippen LogP contribution in [0, 0.1) is 0 Å². The lowest BCUT2D eigenvalue weighted by Gasteiger charge is -2.24. The predicted molar refractivity (Wildman–Crippen MR) is 100 cm³/mol. The van der Waals surface area contributed by atoms with Gasteiger partial charge in [0, 0.05) is 35.0 Å². The number of rotatable bonds is 2. The molecular weight excluding hydrogens is 352 g/mol. The van der Waals surface area contributed by atoms with Crippen molar-refractivity contribution in [1.29, 1.82) is 0 Å². The number of amides is 1. The number of fused-ring (bicyclic) bond motifs is 3. The zero-order valence-corrected chi connectivity index (χ0v) is 15.0. The number of nitrogens with zero attached hydrogens (tertiary/aromatic N) is 1. The molecule has 1 aromatic carbocycles. The van der Waals surface area contributed by atoms with Gasteiger partial charge in [-0.15, -0.1) is 0 Å². The van der Waals surface area contributed by atoms with Crippen LogP contribution in [0.1, 0.15) is 30.9 Å². The minimum Gasteiger partial charge on any atom is -0.372 e. The number of benzene rings is 1. The van der Waals surface area contributed by atoms with Gasteiger partial charge in [0.15, 0.2) is 0 Å². The molecule has 2 aliphatic heterocycles. The first-order valence-corrected chi connectivity index (χ1v) is 9.07. The molecule has 2 aromatic rings. The van der Waals surface area contributed by atoms with Crippen LogP contribution in [0.15, 0.2) is 24.4 Å². The topological polar surface area (TPSA) is 100 Å². The molecule has 0 bridgehead atoms. The SMILES string of the molecule is CC1(C(N)=O)c2cc(-c3cnc4c(c3Cl)C3(CC3)CN4)ccc2NC1O. The van der Waals surface area contributed by atoms with Gasteiger partial charge in [-0.3, -0.25) is 4.79 Å². The van der Waals surface area contributed by atoms with Crippen molar-refractivity contribution in [1.82, 2.24) is 4.98 Å². The van der Waals surface area contributed by atoms with Crippen molar-refractivity contribution in [2.45, 2.75) is 36.8 Å².